The number of nitrogens with one attached hydrogen (secondary N) is 2. The van der Waals surface area contributed by atoms with E-state index in [9.17, 15) is 0 Å². The fourth-order valence-corrected chi connectivity index (χ4v) is 1.72. The highest BCUT2D eigenvalue weighted by Gasteiger charge is 2.14. The van der Waals surface area contributed by atoms with Crippen LogP contribution in [0.25, 0.3) is 0 Å². The van der Waals surface area contributed by atoms with Crippen molar-refractivity contribution < 1.29 is 4.74 Å². The van der Waals surface area contributed by atoms with Gasteiger partial charge in [-0.15, -0.1) is 0 Å². The van der Waals surface area contributed by atoms with Gasteiger partial charge in [0.05, 0.1) is 12.6 Å². The average molecular weight is 266 g/mol. The van der Waals surface area contributed by atoms with Crippen LogP contribution in [0, 0.1) is 12.8 Å². The first-order valence-corrected chi connectivity index (χ1v) is 7.00. The third-order valence-electron chi connectivity index (χ3n) is 2.83. The zero-order valence-electron chi connectivity index (χ0n) is 12.7. The maximum atomic E-state index is 5.52. The lowest BCUT2D eigenvalue weighted by Gasteiger charge is -2.23. The second-order valence-electron chi connectivity index (χ2n) is 4.90. The van der Waals surface area contributed by atoms with Crippen molar-refractivity contribution >= 4 is 11.8 Å². The zero-order chi connectivity index (χ0) is 14.3. The topological polar surface area (TPSA) is 59.1 Å². The van der Waals surface area contributed by atoms with Gasteiger partial charge in [0.1, 0.15) is 5.82 Å². The van der Waals surface area contributed by atoms with Crippen LogP contribution in [0.3, 0.4) is 0 Å². The van der Waals surface area contributed by atoms with Crippen molar-refractivity contribution in [1.29, 1.82) is 0 Å². The predicted octanol–water partition coefficient (Wildman–Crippen LogP) is 2.69. The summed E-state index contributed by atoms with van der Waals surface area (Å²) in [6, 6.07) is 2.21. The first-order valence-electron chi connectivity index (χ1n) is 7.00. The van der Waals surface area contributed by atoms with Crippen molar-refractivity contribution in [2.24, 2.45) is 5.92 Å². The second-order valence-corrected chi connectivity index (χ2v) is 4.90. The van der Waals surface area contributed by atoms with Crippen molar-refractivity contribution in [2.75, 3.05) is 30.4 Å². The fourth-order valence-electron chi connectivity index (χ4n) is 1.72. The molecule has 0 bridgehead atoms. The minimum Gasteiger partial charge on any atom is -0.380 e. The Kier molecular flexibility index (Phi) is 6.56. The minimum atomic E-state index is 0.253. The van der Waals surface area contributed by atoms with Gasteiger partial charge in [-0.25, -0.2) is 4.98 Å². The predicted molar refractivity (Wildman–Crippen MR) is 79.7 cm³/mol. The van der Waals surface area contributed by atoms with E-state index in [4.69, 9.17) is 4.74 Å². The highest BCUT2D eigenvalue weighted by Crippen LogP contribution is 2.14. The van der Waals surface area contributed by atoms with Gasteiger partial charge in [-0.2, -0.15) is 4.98 Å². The molecule has 5 heteroatoms. The molecule has 1 aromatic heterocycles. The van der Waals surface area contributed by atoms with Crippen LogP contribution >= 0.6 is 0 Å². The first-order chi connectivity index (χ1) is 9.06. The molecule has 1 rings (SSSR count). The van der Waals surface area contributed by atoms with Gasteiger partial charge in [0, 0.05) is 24.9 Å². The lowest BCUT2D eigenvalue weighted by atomic mass is 10.1. The number of anilines is 2. The molecule has 108 valence electrons. The van der Waals surface area contributed by atoms with Crippen LogP contribution in [0.4, 0.5) is 11.8 Å². The second kappa shape index (κ2) is 7.94. The number of nitrogens with zero attached hydrogens (tertiary/aromatic N) is 2. The first kappa shape index (κ1) is 15.7. The summed E-state index contributed by atoms with van der Waals surface area (Å²) >= 11 is 0. The van der Waals surface area contributed by atoms with E-state index in [0.717, 1.165) is 24.7 Å². The largest absolute Gasteiger partial charge is 0.380 e. The van der Waals surface area contributed by atoms with Crippen molar-refractivity contribution in [3.05, 3.63) is 11.8 Å². The maximum absolute atomic E-state index is 5.52. The molecule has 0 spiro atoms. The molecule has 19 heavy (non-hydrogen) atoms. The number of aromatic nitrogens is 2. The van der Waals surface area contributed by atoms with Gasteiger partial charge in [-0.05, 0) is 26.7 Å². The quantitative estimate of drug-likeness (QED) is 0.757. The summed E-state index contributed by atoms with van der Waals surface area (Å²) in [4.78, 5) is 8.81. The molecule has 0 radical (unpaired) electrons. The Bertz CT molecular complexity index is 382. The molecule has 0 aromatic carbocycles. The van der Waals surface area contributed by atoms with Gasteiger partial charge in [0.15, 0.2) is 0 Å². The van der Waals surface area contributed by atoms with Crippen LogP contribution < -0.4 is 10.6 Å². The van der Waals surface area contributed by atoms with Crippen molar-refractivity contribution in [1.82, 2.24) is 9.97 Å². The normalized spacial score (nSPS) is 12.5. The number of hydrogen-bond donors (Lipinski definition) is 2. The lowest BCUT2D eigenvalue weighted by molar-refractivity contribution is 0.126. The Hall–Kier alpha value is -1.36. The Morgan fingerprint density at radius 3 is 2.58 bits per heavy atom. The molecule has 0 aliphatic rings. The monoisotopic (exact) mass is 266 g/mol. The molecule has 2 N–H and O–H groups in total. The number of rotatable bonds is 8. The third kappa shape index (κ3) is 5.42. The molecule has 5 nitrogen and oxygen atoms in total. The molecule has 0 aliphatic heterocycles. The minimum absolute atomic E-state index is 0.253. The fraction of sp³-hybridized carbons (Fsp3) is 0.714. The van der Waals surface area contributed by atoms with Crippen molar-refractivity contribution in [2.45, 2.75) is 40.7 Å². The van der Waals surface area contributed by atoms with Gasteiger partial charge < -0.3 is 15.4 Å². The van der Waals surface area contributed by atoms with Crippen LogP contribution in [0.15, 0.2) is 6.07 Å². The van der Waals surface area contributed by atoms with Crippen molar-refractivity contribution in [3.63, 3.8) is 0 Å². The van der Waals surface area contributed by atoms with Gasteiger partial charge in [-0.1, -0.05) is 13.8 Å². The molecular formula is C14H26N4O. The Balaban J connectivity index is 2.77. The van der Waals surface area contributed by atoms with Gasteiger partial charge in [0.2, 0.25) is 5.95 Å². The Labute approximate surface area is 116 Å². The lowest BCUT2D eigenvalue weighted by Crippen LogP contribution is -2.31. The Morgan fingerprint density at radius 2 is 2.00 bits per heavy atom. The summed E-state index contributed by atoms with van der Waals surface area (Å²) in [5.41, 5.74) is 0.951. The highest BCUT2D eigenvalue weighted by atomic mass is 16.5. The number of hydrogen-bond acceptors (Lipinski definition) is 5. The Morgan fingerprint density at radius 1 is 1.26 bits per heavy atom. The number of ether oxygens (including phenoxy) is 1. The van der Waals surface area contributed by atoms with Gasteiger partial charge >= 0.3 is 0 Å². The van der Waals surface area contributed by atoms with Crippen LogP contribution in [-0.4, -0.2) is 35.8 Å². The molecule has 1 aromatic rings. The van der Waals surface area contributed by atoms with E-state index in [1.807, 2.05) is 26.8 Å². The third-order valence-corrected chi connectivity index (χ3v) is 2.83. The molecule has 0 amide bonds. The summed E-state index contributed by atoms with van der Waals surface area (Å²) in [5.74, 6) is 2.00. The number of aryl methyl sites for hydroxylation is 1. The van der Waals surface area contributed by atoms with E-state index >= 15 is 0 Å². The molecule has 0 saturated heterocycles. The van der Waals surface area contributed by atoms with E-state index in [0.29, 0.717) is 18.5 Å². The molecular weight excluding hydrogens is 240 g/mol. The van der Waals surface area contributed by atoms with E-state index < -0.39 is 0 Å². The molecule has 0 saturated carbocycles. The SMILES string of the molecule is CCNc1nc(C)cc(NC(COCC)C(C)C)n1. The molecule has 1 atom stereocenters. The van der Waals surface area contributed by atoms with Crippen LogP contribution in [0.1, 0.15) is 33.4 Å². The van der Waals surface area contributed by atoms with Crippen molar-refractivity contribution in [3.8, 4) is 0 Å². The van der Waals surface area contributed by atoms with Gasteiger partial charge in [-0.3, -0.25) is 0 Å². The standard InChI is InChI=1S/C14H26N4O/c1-6-15-14-16-11(5)8-13(18-14)17-12(10(3)4)9-19-7-2/h8,10,12H,6-7,9H2,1-5H3,(H2,15,16,17,18). The van der Waals surface area contributed by atoms with E-state index in [-0.39, 0.29) is 6.04 Å². The van der Waals surface area contributed by atoms with Crippen LogP contribution in [0.2, 0.25) is 0 Å². The maximum Gasteiger partial charge on any atom is 0.224 e. The van der Waals surface area contributed by atoms with Crippen LogP contribution in [-0.2, 0) is 4.74 Å². The summed E-state index contributed by atoms with van der Waals surface area (Å²) in [6.07, 6.45) is 0. The zero-order valence-corrected chi connectivity index (χ0v) is 12.7. The molecule has 0 aliphatic carbocycles. The smallest absolute Gasteiger partial charge is 0.224 e. The van der Waals surface area contributed by atoms with Crippen LogP contribution in [0.5, 0.6) is 0 Å². The summed E-state index contributed by atoms with van der Waals surface area (Å²) in [5, 5.41) is 6.58. The highest BCUT2D eigenvalue weighted by molar-refractivity contribution is 5.43. The summed E-state index contributed by atoms with van der Waals surface area (Å²) in [7, 11) is 0. The van der Waals surface area contributed by atoms with Gasteiger partial charge in [0.25, 0.3) is 0 Å². The summed E-state index contributed by atoms with van der Waals surface area (Å²) < 4.78 is 5.52. The van der Waals surface area contributed by atoms with E-state index in [2.05, 4.69) is 34.4 Å². The summed E-state index contributed by atoms with van der Waals surface area (Å²) in [6.45, 7) is 12.6. The molecule has 1 unspecified atom stereocenters. The van der Waals surface area contributed by atoms with E-state index in [1.165, 1.54) is 0 Å². The molecule has 1 heterocycles. The average Bonchev–Trinajstić information content (AvgIpc) is 2.33. The van der Waals surface area contributed by atoms with E-state index in [1.54, 1.807) is 0 Å². The molecule has 0 fully saturated rings.